The maximum absolute atomic E-state index is 12.3. The molecule has 8 nitrogen and oxygen atoms in total. The van der Waals surface area contributed by atoms with Crippen LogP contribution in [0, 0.1) is 5.92 Å². The van der Waals surface area contributed by atoms with Gasteiger partial charge in [-0.1, -0.05) is 38.1 Å². The highest BCUT2D eigenvalue weighted by atomic mass is 32.2. The van der Waals surface area contributed by atoms with Crippen LogP contribution in [0.5, 0.6) is 5.75 Å². The Bertz CT molecular complexity index is 780. The number of hydrogen-bond donors (Lipinski definition) is 1. The second-order valence-electron chi connectivity index (χ2n) is 5.93. The smallest absolute Gasteiger partial charge is 0.328 e. The number of carbonyl (C=O) groups is 2. The molecule has 1 heterocycles. The first-order valence-corrected chi connectivity index (χ1v) is 9.53. The third-order valence-electron chi connectivity index (χ3n) is 4.16. The molecule has 0 aliphatic heterocycles. The summed E-state index contributed by atoms with van der Waals surface area (Å²) in [5.41, 5.74) is 0.828. The highest BCUT2D eigenvalue weighted by Crippen LogP contribution is 2.22. The fourth-order valence-electron chi connectivity index (χ4n) is 2.40. The van der Waals surface area contributed by atoms with Crippen molar-refractivity contribution < 1.29 is 19.1 Å². The summed E-state index contributed by atoms with van der Waals surface area (Å²) < 4.78 is 11.8. The number of hydrogen-bond acceptors (Lipinski definition) is 7. The molecule has 27 heavy (non-hydrogen) atoms. The van der Waals surface area contributed by atoms with Crippen molar-refractivity contribution in [2.45, 2.75) is 31.5 Å². The van der Waals surface area contributed by atoms with Crippen LogP contribution in [0.4, 0.5) is 0 Å². The maximum atomic E-state index is 12.3. The lowest BCUT2D eigenvalue weighted by atomic mass is 9.99. The van der Waals surface area contributed by atoms with E-state index >= 15 is 0 Å². The number of methoxy groups -OCH3 is 2. The van der Waals surface area contributed by atoms with Gasteiger partial charge in [-0.05, 0) is 18.1 Å². The molecular formula is C18H24N4O4S. The monoisotopic (exact) mass is 392 g/mol. The van der Waals surface area contributed by atoms with Crippen LogP contribution < -0.4 is 10.1 Å². The molecule has 0 aliphatic rings. The predicted molar refractivity (Wildman–Crippen MR) is 102 cm³/mol. The molecule has 1 amide bonds. The van der Waals surface area contributed by atoms with E-state index in [2.05, 4.69) is 15.5 Å². The lowest BCUT2D eigenvalue weighted by Crippen LogP contribution is -2.46. The maximum Gasteiger partial charge on any atom is 0.328 e. The number of nitrogens with one attached hydrogen (secondary N) is 1. The Balaban J connectivity index is 2.03. The fraction of sp³-hybridized carbons (Fsp3) is 0.444. The van der Waals surface area contributed by atoms with E-state index in [4.69, 9.17) is 9.47 Å². The molecule has 0 saturated carbocycles. The Morgan fingerprint density at radius 1 is 1.33 bits per heavy atom. The van der Waals surface area contributed by atoms with Crippen molar-refractivity contribution in [2.24, 2.45) is 5.92 Å². The molecule has 2 rings (SSSR count). The molecule has 0 bridgehead atoms. The summed E-state index contributed by atoms with van der Waals surface area (Å²) in [6, 6.07) is 6.79. The van der Waals surface area contributed by atoms with Crippen molar-refractivity contribution >= 4 is 23.6 Å². The summed E-state index contributed by atoms with van der Waals surface area (Å²) >= 11 is 1.24. The van der Waals surface area contributed by atoms with Crippen LogP contribution in [-0.4, -0.2) is 52.7 Å². The summed E-state index contributed by atoms with van der Waals surface area (Å²) in [5.74, 6) is 0.0846. The summed E-state index contributed by atoms with van der Waals surface area (Å²) in [7, 11) is 2.91. The van der Waals surface area contributed by atoms with Gasteiger partial charge in [0.1, 0.15) is 18.1 Å². The number of aromatic nitrogens is 3. The number of carbonyl (C=O) groups excluding carboxylic acids is 2. The Kier molecular flexibility index (Phi) is 7.66. The Labute approximate surface area is 162 Å². The summed E-state index contributed by atoms with van der Waals surface area (Å²) in [6.45, 7) is 3.85. The number of esters is 1. The van der Waals surface area contributed by atoms with E-state index in [0.717, 1.165) is 12.1 Å². The van der Waals surface area contributed by atoms with Crippen molar-refractivity contribution in [1.29, 1.82) is 0 Å². The minimum atomic E-state index is -0.663. The molecule has 0 aliphatic carbocycles. The second-order valence-corrected chi connectivity index (χ2v) is 6.87. The van der Waals surface area contributed by atoms with E-state index in [9.17, 15) is 9.59 Å². The first kappa shape index (κ1) is 20.8. The molecule has 0 saturated heterocycles. The van der Waals surface area contributed by atoms with Gasteiger partial charge in [0.05, 0.1) is 25.7 Å². The third-order valence-corrected chi connectivity index (χ3v) is 5.11. The standard InChI is InChI=1S/C18H24N4O4S/c1-5-12(2)16(17(24)26-4)20-15(23)10-27-18-21-19-11-22(18)13-7-6-8-14(9-13)25-3/h6-9,11-12,16H,5,10H2,1-4H3,(H,20,23)/t12-,16-/m1/s1. The SMILES string of the molecule is CC[C@@H](C)[C@@H](NC(=O)CSc1nncn1-c1cccc(OC)c1)C(=O)OC. The number of amides is 1. The summed E-state index contributed by atoms with van der Waals surface area (Å²) in [6.07, 6.45) is 2.32. The number of thioether (sulfide) groups is 1. The first-order valence-electron chi connectivity index (χ1n) is 8.54. The van der Waals surface area contributed by atoms with Gasteiger partial charge in [-0.2, -0.15) is 0 Å². The Hall–Kier alpha value is -2.55. The number of benzene rings is 1. The summed E-state index contributed by atoms with van der Waals surface area (Å²) in [5, 5.41) is 11.3. The van der Waals surface area contributed by atoms with Crippen molar-refractivity contribution in [1.82, 2.24) is 20.1 Å². The van der Waals surface area contributed by atoms with Gasteiger partial charge in [-0.25, -0.2) is 4.79 Å². The van der Waals surface area contributed by atoms with E-state index in [1.807, 2.05) is 38.1 Å². The van der Waals surface area contributed by atoms with Crippen LogP contribution in [-0.2, 0) is 14.3 Å². The Morgan fingerprint density at radius 2 is 2.11 bits per heavy atom. The van der Waals surface area contributed by atoms with Crippen molar-refractivity contribution in [3.63, 3.8) is 0 Å². The average molecular weight is 392 g/mol. The minimum absolute atomic E-state index is 0.0214. The molecular weight excluding hydrogens is 368 g/mol. The van der Waals surface area contributed by atoms with E-state index < -0.39 is 12.0 Å². The highest BCUT2D eigenvalue weighted by molar-refractivity contribution is 7.99. The van der Waals surface area contributed by atoms with Crippen molar-refractivity contribution in [3.8, 4) is 11.4 Å². The van der Waals surface area contributed by atoms with E-state index in [1.165, 1.54) is 18.9 Å². The first-order chi connectivity index (χ1) is 13.0. The van der Waals surface area contributed by atoms with Gasteiger partial charge < -0.3 is 14.8 Å². The van der Waals surface area contributed by atoms with Crippen LogP contribution in [0.3, 0.4) is 0 Å². The van der Waals surface area contributed by atoms with Gasteiger partial charge in [0, 0.05) is 6.07 Å². The topological polar surface area (TPSA) is 95.3 Å². The van der Waals surface area contributed by atoms with Crippen molar-refractivity contribution in [3.05, 3.63) is 30.6 Å². The van der Waals surface area contributed by atoms with Crippen LogP contribution in [0.25, 0.3) is 5.69 Å². The molecule has 1 aromatic carbocycles. The zero-order valence-electron chi connectivity index (χ0n) is 15.8. The van der Waals surface area contributed by atoms with Gasteiger partial charge in [0.2, 0.25) is 5.91 Å². The molecule has 0 spiro atoms. The molecule has 2 aromatic rings. The van der Waals surface area contributed by atoms with Crippen molar-refractivity contribution in [2.75, 3.05) is 20.0 Å². The number of ether oxygens (including phenoxy) is 2. The van der Waals surface area contributed by atoms with Crippen LogP contribution in [0.2, 0.25) is 0 Å². The van der Waals surface area contributed by atoms with Gasteiger partial charge in [0.15, 0.2) is 5.16 Å². The molecule has 1 aromatic heterocycles. The van der Waals surface area contributed by atoms with Gasteiger partial charge in [-0.15, -0.1) is 10.2 Å². The average Bonchev–Trinajstić information content (AvgIpc) is 3.18. The third kappa shape index (κ3) is 5.46. The molecule has 0 unspecified atom stereocenters. The molecule has 0 fully saturated rings. The molecule has 1 N–H and O–H groups in total. The second kappa shape index (κ2) is 9.96. The predicted octanol–water partition coefficient (Wildman–Crippen LogP) is 2.07. The van der Waals surface area contributed by atoms with Gasteiger partial charge in [0.25, 0.3) is 0 Å². The zero-order valence-corrected chi connectivity index (χ0v) is 16.7. The molecule has 0 radical (unpaired) electrons. The molecule has 9 heteroatoms. The van der Waals surface area contributed by atoms with Gasteiger partial charge in [-0.3, -0.25) is 9.36 Å². The number of nitrogens with zero attached hydrogens (tertiary/aromatic N) is 3. The molecule has 146 valence electrons. The lowest BCUT2D eigenvalue weighted by Gasteiger charge is -2.21. The minimum Gasteiger partial charge on any atom is -0.497 e. The van der Waals surface area contributed by atoms with Gasteiger partial charge >= 0.3 is 5.97 Å². The van der Waals surface area contributed by atoms with E-state index in [-0.39, 0.29) is 17.6 Å². The zero-order chi connectivity index (χ0) is 19.8. The summed E-state index contributed by atoms with van der Waals surface area (Å²) in [4.78, 5) is 24.2. The molecule has 2 atom stereocenters. The fourth-order valence-corrected chi connectivity index (χ4v) is 3.14. The van der Waals surface area contributed by atoms with Crippen LogP contribution >= 0.6 is 11.8 Å². The lowest BCUT2D eigenvalue weighted by molar-refractivity contribution is -0.146. The Morgan fingerprint density at radius 3 is 2.78 bits per heavy atom. The van der Waals surface area contributed by atoms with Crippen LogP contribution in [0.1, 0.15) is 20.3 Å². The van der Waals surface area contributed by atoms with E-state index in [1.54, 1.807) is 18.0 Å². The highest BCUT2D eigenvalue weighted by Gasteiger charge is 2.26. The quantitative estimate of drug-likeness (QED) is 0.515. The largest absolute Gasteiger partial charge is 0.497 e. The number of rotatable bonds is 9. The van der Waals surface area contributed by atoms with E-state index in [0.29, 0.717) is 10.9 Å². The van der Waals surface area contributed by atoms with Crippen LogP contribution in [0.15, 0.2) is 35.7 Å². The normalized spacial score (nSPS) is 12.9.